The van der Waals surface area contributed by atoms with Crippen LogP contribution in [0.3, 0.4) is 0 Å². The number of rotatable bonds is 5. The third-order valence-electron chi connectivity index (χ3n) is 3.86. The second-order valence-electron chi connectivity index (χ2n) is 5.38. The molecular weight excluding hydrogens is 244 g/mol. The summed E-state index contributed by atoms with van der Waals surface area (Å²) >= 11 is 0. The van der Waals surface area contributed by atoms with E-state index in [-0.39, 0.29) is 6.04 Å². The maximum absolute atomic E-state index is 6.05. The first-order chi connectivity index (χ1) is 9.61. The van der Waals surface area contributed by atoms with Gasteiger partial charge in [0.05, 0.1) is 0 Å². The predicted octanol–water partition coefficient (Wildman–Crippen LogP) is 4.04. The number of aryl methyl sites for hydroxylation is 1. The molecule has 1 atom stereocenters. The quantitative estimate of drug-likeness (QED) is 0.886. The van der Waals surface area contributed by atoms with Gasteiger partial charge in [0.2, 0.25) is 0 Å². The van der Waals surface area contributed by atoms with Crippen LogP contribution < -0.4 is 10.6 Å². The van der Waals surface area contributed by atoms with Crippen molar-refractivity contribution >= 4 is 11.4 Å². The summed E-state index contributed by atoms with van der Waals surface area (Å²) in [6.07, 6.45) is 1.97. The van der Waals surface area contributed by atoms with Crippen molar-refractivity contribution in [3.05, 3.63) is 59.7 Å². The molecule has 2 nitrogen and oxygen atoms in total. The summed E-state index contributed by atoms with van der Waals surface area (Å²) in [4.78, 5) is 2.20. The van der Waals surface area contributed by atoms with Crippen molar-refractivity contribution in [3.63, 3.8) is 0 Å². The van der Waals surface area contributed by atoms with Gasteiger partial charge in [-0.25, -0.2) is 0 Å². The van der Waals surface area contributed by atoms with E-state index in [1.54, 1.807) is 0 Å². The molecular formula is C18H24N2. The van der Waals surface area contributed by atoms with Gasteiger partial charge >= 0.3 is 0 Å². The fourth-order valence-corrected chi connectivity index (χ4v) is 2.35. The normalized spacial score (nSPS) is 12.2. The van der Waals surface area contributed by atoms with Crippen molar-refractivity contribution in [3.8, 4) is 0 Å². The van der Waals surface area contributed by atoms with Gasteiger partial charge in [-0.2, -0.15) is 0 Å². The molecule has 20 heavy (non-hydrogen) atoms. The van der Waals surface area contributed by atoms with Crippen molar-refractivity contribution in [2.45, 2.75) is 32.7 Å². The Balaban J connectivity index is 2.20. The summed E-state index contributed by atoms with van der Waals surface area (Å²) < 4.78 is 0. The lowest BCUT2D eigenvalue weighted by Gasteiger charge is -2.21. The van der Waals surface area contributed by atoms with Crippen LogP contribution in [0.5, 0.6) is 0 Å². The Morgan fingerprint density at radius 3 is 2.35 bits per heavy atom. The molecule has 0 bridgehead atoms. The molecule has 0 radical (unpaired) electrons. The van der Waals surface area contributed by atoms with Gasteiger partial charge in [-0.1, -0.05) is 31.2 Å². The molecule has 0 amide bonds. The number of benzene rings is 2. The van der Waals surface area contributed by atoms with E-state index in [4.69, 9.17) is 5.73 Å². The molecule has 0 saturated carbocycles. The standard InChI is InChI=1S/C18H24N2/c1-4-16(19)13-15-10-11-18(12-14(15)2)20(3)17-8-6-5-7-9-17/h5-12,16H,4,13,19H2,1-3H3. The molecule has 2 heteroatoms. The zero-order valence-electron chi connectivity index (χ0n) is 12.6. The topological polar surface area (TPSA) is 29.3 Å². The fraction of sp³-hybridized carbons (Fsp3) is 0.333. The zero-order valence-corrected chi connectivity index (χ0v) is 12.6. The molecule has 2 rings (SSSR count). The number of para-hydroxylation sites is 1. The Kier molecular flexibility index (Phi) is 4.80. The lowest BCUT2D eigenvalue weighted by atomic mass is 9.99. The summed E-state index contributed by atoms with van der Waals surface area (Å²) in [6, 6.07) is 17.3. The Morgan fingerprint density at radius 2 is 1.75 bits per heavy atom. The number of anilines is 2. The highest BCUT2D eigenvalue weighted by Gasteiger charge is 2.08. The molecule has 2 aromatic rings. The maximum atomic E-state index is 6.05. The Labute approximate surface area is 122 Å². The third kappa shape index (κ3) is 3.40. The third-order valence-corrected chi connectivity index (χ3v) is 3.86. The second-order valence-corrected chi connectivity index (χ2v) is 5.38. The largest absolute Gasteiger partial charge is 0.345 e. The van der Waals surface area contributed by atoms with Crippen LogP contribution in [0.1, 0.15) is 24.5 Å². The number of nitrogens with two attached hydrogens (primary N) is 1. The van der Waals surface area contributed by atoms with E-state index in [0.717, 1.165) is 12.8 Å². The van der Waals surface area contributed by atoms with E-state index in [1.165, 1.54) is 22.5 Å². The van der Waals surface area contributed by atoms with E-state index in [9.17, 15) is 0 Å². The van der Waals surface area contributed by atoms with Gasteiger partial charge in [0.1, 0.15) is 0 Å². The summed E-state index contributed by atoms with van der Waals surface area (Å²) in [5.74, 6) is 0. The van der Waals surface area contributed by atoms with Crippen LogP contribution >= 0.6 is 0 Å². The van der Waals surface area contributed by atoms with E-state index in [0.29, 0.717) is 0 Å². The number of hydrogen-bond donors (Lipinski definition) is 1. The minimum absolute atomic E-state index is 0.256. The Morgan fingerprint density at radius 1 is 1.05 bits per heavy atom. The second kappa shape index (κ2) is 6.58. The summed E-state index contributed by atoms with van der Waals surface area (Å²) in [7, 11) is 2.10. The highest BCUT2D eigenvalue weighted by atomic mass is 15.1. The first kappa shape index (κ1) is 14.6. The van der Waals surface area contributed by atoms with Crippen molar-refractivity contribution in [1.82, 2.24) is 0 Å². The number of hydrogen-bond acceptors (Lipinski definition) is 2. The van der Waals surface area contributed by atoms with E-state index in [1.807, 2.05) is 6.07 Å². The molecule has 0 aliphatic heterocycles. The first-order valence-electron chi connectivity index (χ1n) is 7.25. The molecule has 0 aliphatic rings. The molecule has 2 aromatic carbocycles. The Bertz CT molecular complexity index is 549. The predicted molar refractivity (Wildman–Crippen MR) is 87.7 cm³/mol. The monoisotopic (exact) mass is 268 g/mol. The van der Waals surface area contributed by atoms with E-state index >= 15 is 0 Å². The van der Waals surface area contributed by atoms with Crippen molar-refractivity contribution < 1.29 is 0 Å². The van der Waals surface area contributed by atoms with Gasteiger partial charge in [-0.3, -0.25) is 0 Å². The van der Waals surface area contributed by atoms with Gasteiger partial charge in [0, 0.05) is 24.5 Å². The minimum Gasteiger partial charge on any atom is -0.345 e. The van der Waals surface area contributed by atoms with Crippen LogP contribution in [0, 0.1) is 6.92 Å². The molecule has 0 spiro atoms. The van der Waals surface area contributed by atoms with Gasteiger partial charge < -0.3 is 10.6 Å². The molecule has 0 aliphatic carbocycles. The van der Waals surface area contributed by atoms with Crippen LogP contribution in [0.2, 0.25) is 0 Å². The summed E-state index contributed by atoms with van der Waals surface area (Å²) in [6.45, 7) is 4.30. The molecule has 1 unspecified atom stereocenters. The fourth-order valence-electron chi connectivity index (χ4n) is 2.35. The van der Waals surface area contributed by atoms with Crippen LogP contribution in [0.4, 0.5) is 11.4 Å². The lowest BCUT2D eigenvalue weighted by Crippen LogP contribution is -2.22. The van der Waals surface area contributed by atoms with Gasteiger partial charge in [-0.15, -0.1) is 0 Å². The number of nitrogens with zero attached hydrogens (tertiary/aromatic N) is 1. The van der Waals surface area contributed by atoms with E-state index < -0.39 is 0 Å². The van der Waals surface area contributed by atoms with Gasteiger partial charge in [-0.05, 0) is 55.2 Å². The Hall–Kier alpha value is -1.80. The van der Waals surface area contributed by atoms with Crippen LogP contribution in [-0.2, 0) is 6.42 Å². The van der Waals surface area contributed by atoms with Crippen LogP contribution in [-0.4, -0.2) is 13.1 Å². The molecule has 0 fully saturated rings. The molecule has 0 aromatic heterocycles. The van der Waals surface area contributed by atoms with Crippen molar-refractivity contribution in [2.75, 3.05) is 11.9 Å². The highest BCUT2D eigenvalue weighted by Crippen LogP contribution is 2.25. The average Bonchev–Trinajstić information content (AvgIpc) is 2.49. The molecule has 0 saturated heterocycles. The zero-order chi connectivity index (χ0) is 14.5. The maximum Gasteiger partial charge on any atom is 0.0410 e. The first-order valence-corrected chi connectivity index (χ1v) is 7.25. The van der Waals surface area contributed by atoms with E-state index in [2.05, 4.69) is 68.3 Å². The van der Waals surface area contributed by atoms with Crippen LogP contribution in [0.15, 0.2) is 48.5 Å². The average molecular weight is 268 g/mol. The van der Waals surface area contributed by atoms with Crippen molar-refractivity contribution in [2.24, 2.45) is 5.73 Å². The molecule has 106 valence electrons. The minimum atomic E-state index is 0.256. The summed E-state index contributed by atoms with van der Waals surface area (Å²) in [5, 5.41) is 0. The summed E-state index contributed by atoms with van der Waals surface area (Å²) in [5.41, 5.74) is 11.1. The highest BCUT2D eigenvalue weighted by molar-refractivity contribution is 5.63. The molecule has 2 N–H and O–H groups in total. The lowest BCUT2D eigenvalue weighted by molar-refractivity contribution is 0.644. The van der Waals surface area contributed by atoms with Gasteiger partial charge in [0.15, 0.2) is 0 Å². The van der Waals surface area contributed by atoms with Crippen molar-refractivity contribution in [1.29, 1.82) is 0 Å². The van der Waals surface area contributed by atoms with Crippen LogP contribution in [0.25, 0.3) is 0 Å². The SMILES string of the molecule is CCC(N)Cc1ccc(N(C)c2ccccc2)cc1C. The smallest absolute Gasteiger partial charge is 0.0410 e. The van der Waals surface area contributed by atoms with Gasteiger partial charge in [0.25, 0.3) is 0 Å². The molecule has 0 heterocycles.